The van der Waals surface area contributed by atoms with Gasteiger partial charge in [0.2, 0.25) is 0 Å². The summed E-state index contributed by atoms with van der Waals surface area (Å²) in [6.07, 6.45) is 3.45. The molecule has 1 aromatic rings. The summed E-state index contributed by atoms with van der Waals surface area (Å²) in [7, 11) is 1.83. The Bertz CT molecular complexity index is 672. The van der Waals surface area contributed by atoms with Gasteiger partial charge in [0.25, 0.3) is 0 Å². The van der Waals surface area contributed by atoms with Gasteiger partial charge in [-0.25, -0.2) is 0 Å². The van der Waals surface area contributed by atoms with Gasteiger partial charge in [0.15, 0.2) is 5.96 Å². The minimum Gasteiger partial charge on any atom is -0.381 e. The van der Waals surface area contributed by atoms with Crippen molar-refractivity contribution in [3.63, 3.8) is 0 Å². The van der Waals surface area contributed by atoms with E-state index in [1.165, 1.54) is 30.6 Å². The van der Waals surface area contributed by atoms with Crippen molar-refractivity contribution in [2.45, 2.75) is 46.2 Å². The van der Waals surface area contributed by atoms with Gasteiger partial charge in [-0.3, -0.25) is 9.89 Å². The molecule has 0 bridgehead atoms. The molecule has 0 saturated carbocycles. The molecule has 6 nitrogen and oxygen atoms in total. The molecule has 2 N–H and O–H groups in total. The van der Waals surface area contributed by atoms with Gasteiger partial charge in [-0.2, -0.15) is 0 Å². The molecule has 1 aromatic carbocycles. The van der Waals surface area contributed by atoms with E-state index in [0.717, 1.165) is 76.7 Å². The van der Waals surface area contributed by atoms with E-state index in [4.69, 9.17) is 9.47 Å². The summed E-state index contributed by atoms with van der Waals surface area (Å²) in [5.41, 5.74) is 2.76. The second-order valence-electron chi connectivity index (χ2n) is 9.42. The third-order valence-electron chi connectivity index (χ3n) is 6.26. The molecule has 0 aromatic heterocycles. The summed E-state index contributed by atoms with van der Waals surface area (Å²) in [6.45, 7) is 13.1. The number of benzene rings is 1. The first-order chi connectivity index (χ1) is 15.1. The van der Waals surface area contributed by atoms with Crippen LogP contribution in [-0.4, -0.2) is 64.0 Å². The Hall–Kier alpha value is -0.900. The molecule has 2 aliphatic heterocycles. The van der Waals surface area contributed by atoms with Crippen molar-refractivity contribution in [1.29, 1.82) is 0 Å². The highest BCUT2D eigenvalue weighted by Crippen LogP contribution is 2.23. The molecule has 3 unspecified atom stereocenters. The molecule has 3 rings (SSSR count). The number of nitrogens with one attached hydrogen (secondary N) is 2. The molecule has 2 aliphatic rings. The van der Waals surface area contributed by atoms with Crippen molar-refractivity contribution in [2.24, 2.45) is 22.7 Å². The van der Waals surface area contributed by atoms with Crippen LogP contribution in [0.3, 0.4) is 0 Å². The maximum absolute atomic E-state index is 5.78. The van der Waals surface area contributed by atoms with Crippen LogP contribution in [0.25, 0.3) is 0 Å². The maximum atomic E-state index is 5.78. The first kappa shape index (κ1) is 27.3. The standard InChI is InChI=1S/C25H42N4O2.HI/c1-20-13-21(2)16-29(15-20)17-24-8-5-4-7-23(24)14-28-25(26-3)27-10-6-11-30-18-22-9-12-31-19-22;/h4-5,7-8,20-22H,6,9-19H2,1-3H3,(H2,26,27,28);1H. The molecule has 2 heterocycles. The average molecular weight is 559 g/mol. The second-order valence-corrected chi connectivity index (χ2v) is 9.42. The van der Waals surface area contributed by atoms with Gasteiger partial charge in [0.05, 0.1) is 13.2 Å². The summed E-state index contributed by atoms with van der Waals surface area (Å²) >= 11 is 0. The lowest BCUT2D eigenvalue weighted by molar-refractivity contribution is 0.0888. The zero-order chi connectivity index (χ0) is 21.9. The predicted octanol–water partition coefficient (Wildman–Crippen LogP) is 3.89. The Morgan fingerprint density at radius 1 is 1.16 bits per heavy atom. The van der Waals surface area contributed by atoms with Gasteiger partial charge in [-0.05, 0) is 42.2 Å². The molecule has 0 aliphatic carbocycles. The largest absolute Gasteiger partial charge is 0.381 e. The minimum absolute atomic E-state index is 0. The first-order valence-electron chi connectivity index (χ1n) is 12.0. The van der Waals surface area contributed by atoms with Crippen LogP contribution in [0.5, 0.6) is 0 Å². The molecule has 7 heteroatoms. The van der Waals surface area contributed by atoms with E-state index in [2.05, 4.69) is 58.6 Å². The van der Waals surface area contributed by atoms with Gasteiger partial charge >= 0.3 is 0 Å². The van der Waals surface area contributed by atoms with E-state index >= 15 is 0 Å². The SMILES string of the molecule is CN=C(NCCCOCC1CCOC1)NCc1ccccc1CN1CC(C)CC(C)C1.I. The van der Waals surface area contributed by atoms with Crippen LogP contribution >= 0.6 is 24.0 Å². The fraction of sp³-hybridized carbons (Fsp3) is 0.720. The topological polar surface area (TPSA) is 58.1 Å². The van der Waals surface area contributed by atoms with Crippen LogP contribution in [0.2, 0.25) is 0 Å². The summed E-state index contributed by atoms with van der Waals surface area (Å²) in [6, 6.07) is 8.78. The zero-order valence-electron chi connectivity index (χ0n) is 20.1. The van der Waals surface area contributed by atoms with E-state index in [-0.39, 0.29) is 24.0 Å². The number of guanidine groups is 1. The fourth-order valence-electron chi connectivity index (χ4n) is 4.79. The summed E-state index contributed by atoms with van der Waals surface area (Å²) < 4.78 is 11.2. The molecule has 0 radical (unpaired) electrons. The van der Waals surface area contributed by atoms with E-state index in [1.807, 2.05) is 7.05 Å². The molecule has 0 spiro atoms. The smallest absolute Gasteiger partial charge is 0.191 e. The molecule has 182 valence electrons. The van der Waals surface area contributed by atoms with Crippen LogP contribution in [0.4, 0.5) is 0 Å². The zero-order valence-corrected chi connectivity index (χ0v) is 22.5. The molecule has 3 atom stereocenters. The van der Waals surface area contributed by atoms with E-state index < -0.39 is 0 Å². The number of rotatable bonds is 10. The number of likely N-dealkylation sites (tertiary alicyclic amines) is 1. The third kappa shape index (κ3) is 9.53. The van der Waals surface area contributed by atoms with Crippen molar-refractivity contribution in [3.8, 4) is 0 Å². The number of hydrogen-bond acceptors (Lipinski definition) is 4. The van der Waals surface area contributed by atoms with Gasteiger partial charge in [0, 0.05) is 58.9 Å². The first-order valence-corrected chi connectivity index (χ1v) is 12.0. The Morgan fingerprint density at radius 2 is 1.91 bits per heavy atom. The fourth-order valence-corrected chi connectivity index (χ4v) is 4.79. The normalized spacial score (nSPS) is 24.2. The molecule has 0 amide bonds. The highest BCUT2D eigenvalue weighted by atomic mass is 127. The summed E-state index contributed by atoms with van der Waals surface area (Å²) in [4.78, 5) is 6.99. The Kier molecular flexibility index (Phi) is 12.9. The van der Waals surface area contributed by atoms with Crippen LogP contribution < -0.4 is 10.6 Å². The van der Waals surface area contributed by atoms with Crippen LogP contribution in [0.1, 0.15) is 44.2 Å². The molecule has 2 fully saturated rings. The van der Waals surface area contributed by atoms with Crippen molar-refractivity contribution in [2.75, 3.05) is 53.1 Å². The Labute approximate surface area is 211 Å². The average Bonchev–Trinajstić information content (AvgIpc) is 3.26. The van der Waals surface area contributed by atoms with Gasteiger partial charge in [-0.15, -0.1) is 24.0 Å². The van der Waals surface area contributed by atoms with Gasteiger partial charge in [0.1, 0.15) is 0 Å². The minimum atomic E-state index is 0. The number of ether oxygens (including phenoxy) is 2. The molecular formula is C25H43IN4O2. The molecule has 2 saturated heterocycles. The number of hydrogen-bond donors (Lipinski definition) is 2. The van der Waals surface area contributed by atoms with E-state index in [0.29, 0.717) is 5.92 Å². The van der Waals surface area contributed by atoms with Crippen molar-refractivity contribution in [1.82, 2.24) is 15.5 Å². The molecule has 32 heavy (non-hydrogen) atoms. The number of nitrogens with zero attached hydrogens (tertiary/aromatic N) is 2. The summed E-state index contributed by atoms with van der Waals surface area (Å²) in [5.74, 6) is 3.00. The van der Waals surface area contributed by atoms with Crippen molar-refractivity contribution in [3.05, 3.63) is 35.4 Å². The number of halogens is 1. The van der Waals surface area contributed by atoms with Crippen molar-refractivity contribution >= 4 is 29.9 Å². The lowest BCUT2D eigenvalue weighted by Crippen LogP contribution is -2.39. The predicted molar refractivity (Wildman–Crippen MR) is 143 cm³/mol. The monoisotopic (exact) mass is 558 g/mol. The highest BCUT2D eigenvalue weighted by molar-refractivity contribution is 14.0. The quantitative estimate of drug-likeness (QED) is 0.198. The highest BCUT2D eigenvalue weighted by Gasteiger charge is 2.22. The maximum Gasteiger partial charge on any atom is 0.191 e. The third-order valence-corrected chi connectivity index (χ3v) is 6.26. The molecular weight excluding hydrogens is 515 g/mol. The van der Waals surface area contributed by atoms with E-state index in [9.17, 15) is 0 Å². The number of piperidine rings is 1. The van der Waals surface area contributed by atoms with Crippen LogP contribution in [0.15, 0.2) is 29.3 Å². The Balaban J connectivity index is 0.00000363. The van der Waals surface area contributed by atoms with Crippen LogP contribution in [0, 0.1) is 17.8 Å². The van der Waals surface area contributed by atoms with E-state index in [1.54, 1.807) is 0 Å². The lowest BCUT2D eigenvalue weighted by Gasteiger charge is -2.35. The Morgan fingerprint density at radius 3 is 2.59 bits per heavy atom. The van der Waals surface area contributed by atoms with Crippen LogP contribution in [-0.2, 0) is 22.6 Å². The van der Waals surface area contributed by atoms with Gasteiger partial charge in [-0.1, -0.05) is 38.1 Å². The second kappa shape index (κ2) is 15.1. The van der Waals surface area contributed by atoms with Crippen molar-refractivity contribution < 1.29 is 9.47 Å². The lowest BCUT2D eigenvalue weighted by atomic mass is 9.91. The number of aliphatic imine (C=N–C) groups is 1. The summed E-state index contributed by atoms with van der Waals surface area (Å²) in [5, 5.41) is 6.88. The van der Waals surface area contributed by atoms with Gasteiger partial charge < -0.3 is 20.1 Å².